The van der Waals surface area contributed by atoms with Crippen LogP contribution in [0.15, 0.2) is 30.3 Å². The first-order valence-corrected chi connectivity index (χ1v) is 3.10. The van der Waals surface area contributed by atoms with Gasteiger partial charge in [-0.2, -0.15) is 0 Å². The number of hydrogen-bond donors (Lipinski definition) is 0. The van der Waals surface area contributed by atoms with E-state index in [4.69, 9.17) is 1.37 Å². The largest absolute Gasteiger partial charge is 0.0634 e. The Balaban J connectivity index is 3.13. The third-order valence-corrected chi connectivity index (χ3v) is 1.34. The van der Waals surface area contributed by atoms with Crippen LogP contribution in [-0.2, 0) is 0 Å². The summed E-state index contributed by atoms with van der Waals surface area (Å²) < 4.78 is 8.22. The lowest BCUT2D eigenvalue weighted by Gasteiger charge is -1.80. The van der Waals surface area contributed by atoms with E-state index in [2.05, 4.69) is 22.6 Å². The van der Waals surface area contributed by atoms with Gasteiger partial charge >= 0.3 is 0 Å². The molecule has 0 aliphatic rings. The van der Waals surface area contributed by atoms with E-state index < -0.39 is 0 Å². The summed E-state index contributed by atoms with van der Waals surface area (Å²) in [5.41, 5.74) is 0. The molecule has 1 heteroatoms. The van der Waals surface area contributed by atoms with Crippen LogP contribution in [0.5, 0.6) is 0 Å². The highest BCUT2D eigenvalue weighted by Crippen LogP contribution is 1.99. The molecule has 0 bridgehead atoms. The van der Waals surface area contributed by atoms with Crippen LogP contribution in [0.2, 0.25) is 0 Å². The van der Waals surface area contributed by atoms with Gasteiger partial charge in [-0.25, -0.2) is 0 Å². The zero-order valence-corrected chi connectivity index (χ0v) is 5.84. The van der Waals surface area contributed by atoms with E-state index >= 15 is 0 Å². The molecule has 0 unspecified atom stereocenters. The SMILES string of the molecule is [2H]c1ccccc1I. The normalized spacial score (nSPS) is 10.7. The second-order valence-electron chi connectivity index (χ2n) is 1.21. The Kier molecular flexibility index (Phi) is 1.28. The first-order valence-electron chi connectivity index (χ1n) is 2.52. The minimum atomic E-state index is 0.605. The fourth-order valence-corrected chi connectivity index (χ4v) is 0.759. The molecule has 0 amide bonds. The Bertz CT molecular complexity index is 165. The summed E-state index contributed by atoms with van der Waals surface area (Å²) in [5.74, 6) is 0. The molecule has 0 nitrogen and oxygen atoms in total. The molecule has 0 fully saturated rings. The Labute approximate surface area is 58.1 Å². The van der Waals surface area contributed by atoms with Crippen molar-refractivity contribution < 1.29 is 1.37 Å². The maximum atomic E-state index is 7.21. The zero-order valence-electron chi connectivity index (χ0n) is 4.69. The molecule has 7 heavy (non-hydrogen) atoms. The van der Waals surface area contributed by atoms with Crippen LogP contribution in [-0.4, -0.2) is 0 Å². The minimum absolute atomic E-state index is 0.605. The molecule has 1 aromatic carbocycles. The van der Waals surface area contributed by atoms with E-state index in [0.717, 1.165) is 3.57 Å². The van der Waals surface area contributed by atoms with Crippen molar-refractivity contribution in [2.75, 3.05) is 0 Å². The molecular weight excluding hydrogens is 199 g/mol. The fourth-order valence-electron chi connectivity index (χ4n) is 0.371. The first-order chi connectivity index (χ1) is 3.80. The van der Waals surface area contributed by atoms with Gasteiger partial charge in [0.2, 0.25) is 0 Å². The van der Waals surface area contributed by atoms with E-state index in [1.54, 1.807) is 6.07 Å². The topological polar surface area (TPSA) is 0 Å². The molecule has 1 aromatic rings. The van der Waals surface area contributed by atoms with Crippen molar-refractivity contribution in [3.63, 3.8) is 0 Å². The Morgan fingerprint density at radius 1 is 1.43 bits per heavy atom. The third kappa shape index (κ3) is 1.47. The molecule has 0 atom stereocenters. The highest BCUT2D eigenvalue weighted by molar-refractivity contribution is 14.1. The highest BCUT2D eigenvalue weighted by atomic mass is 127. The Hall–Kier alpha value is -0.0500. The van der Waals surface area contributed by atoms with Gasteiger partial charge in [0.1, 0.15) is 0 Å². The van der Waals surface area contributed by atoms with Crippen LogP contribution in [0.1, 0.15) is 1.37 Å². The minimum Gasteiger partial charge on any atom is -0.0622 e. The molecular formula is C6H5I. The van der Waals surface area contributed by atoms with Gasteiger partial charge in [0.05, 0.1) is 1.37 Å². The summed E-state index contributed by atoms with van der Waals surface area (Å²) >= 11 is 2.14. The molecule has 0 saturated carbocycles. The second kappa shape index (κ2) is 2.31. The van der Waals surface area contributed by atoms with E-state index in [1.807, 2.05) is 18.2 Å². The van der Waals surface area contributed by atoms with Crippen molar-refractivity contribution in [3.8, 4) is 0 Å². The third-order valence-electron chi connectivity index (χ3n) is 0.671. The van der Waals surface area contributed by atoms with Gasteiger partial charge in [0, 0.05) is 3.57 Å². The summed E-state index contributed by atoms with van der Waals surface area (Å²) in [6, 6.07) is 8.10. The maximum Gasteiger partial charge on any atom is 0.0634 e. The molecule has 0 aromatic heterocycles. The quantitative estimate of drug-likeness (QED) is 0.570. The molecule has 0 aliphatic heterocycles. The van der Waals surface area contributed by atoms with Gasteiger partial charge in [0.15, 0.2) is 0 Å². The van der Waals surface area contributed by atoms with Crippen LogP contribution in [0.4, 0.5) is 0 Å². The van der Waals surface area contributed by atoms with Crippen LogP contribution in [0, 0.1) is 3.57 Å². The van der Waals surface area contributed by atoms with E-state index in [-0.39, 0.29) is 0 Å². The molecule has 0 N–H and O–H groups in total. The molecule has 36 valence electrons. The lowest BCUT2D eigenvalue weighted by Crippen LogP contribution is -1.61. The summed E-state index contributed by atoms with van der Waals surface area (Å²) in [6.45, 7) is 0. The number of hydrogen-bond acceptors (Lipinski definition) is 0. The van der Waals surface area contributed by atoms with Gasteiger partial charge in [-0.15, -0.1) is 0 Å². The van der Waals surface area contributed by atoms with Crippen molar-refractivity contribution in [3.05, 3.63) is 33.9 Å². The van der Waals surface area contributed by atoms with Crippen LogP contribution >= 0.6 is 22.6 Å². The highest BCUT2D eigenvalue weighted by Gasteiger charge is 1.74. The number of benzene rings is 1. The van der Waals surface area contributed by atoms with Crippen LogP contribution in [0.25, 0.3) is 0 Å². The van der Waals surface area contributed by atoms with Gasteiger partial charge in [-0.1, -0.05) is 18.2 Å². The lowest BCUT2D eigenvalue weighted by molar-refractivity contribution is 1.65. The summed E-state index contributed by atoms with van der Waals surface area (Å²) in [4.78, 5) is 0. The number of rotatable bonds is 0. The van der Waals surface area contributed by atoms with E-state index in [9.17, 15) is 0 Å². The maximum absolute atomic E-state index is 7.21. The predicted molar refractivity (Wildman–Crippen MR) is 39.2 cm³/mol. The molecule has 0 aliphatic carbocycles. The molecule has 0 heterocycles. The Morgan fingerprint density at radius 3 is 2.71 bits per heavy atom. The second-order valence-corrected chi connectivity index (χ2v) is 2.37. The predicted octanol–water partition coefficient (Wildman–Crippen LogP) is 2.29. The van der Waals surface area contributed by atoms with Crippen LogP contribution in [0.3, 0.4) is 0 Å². The molecule has 0 radical (unpaired) electrons. The standard InChI is InChI=1S/C6H5I/c7-6-4-2-1-3-5-6/h1-5H/i4D. The Morgan fingerprint density at radius 2 is 2.29 bits per heavy atom. The smallest absolute Gasteiger partial charge is 0.0622 e. The van der Waals surface area contributed by atoms with Gasteiger partial charge in [0.25, 0.3) is 0 Å². The fraction of sp³-hybridized carbons (Fsp3) is 0. The van der Waals surface area contributed by atoms with Crippen molar-refractivity contribution in [1.82, 2.24) is 0 Å². The van der Waals surface area contributed by atoms with Crippen molar-refractivity contribution in [2.45, 2.75) is 0 Å². The number of halogens is 1. The van der Waals surface area contributed by atoms with Crippen LogP contribution < -0.4 is 0 Å². The van der Waals surface area contributed by atoms with Crippen molar-refractivity contribution in [2.24, 2.45) is 0 Å². The van der Waals surface area contributed by atoms with Gasteiger partial charge < -0.3 is 0 Å². The lowest BCUT2D eigenvalue weighted by atomic mass is 10.4. The van der Waals surface area contributed by atoms with Crippen molar-refractivity contribution >= 4 is 22.6 Å². The average molecular weight is 205 g/mol. The summed E-state index contributed by atoms with van der Waals surface area (Å²) in [5, 5.41) is 0. The van der Waals surface area contributed by atoms with E-state index in [0.29, 0.717) is 6.04 Å². The van der Waals surface area contributed by atoms with E-state index in [1.165, 1.54) is 0 Å². The monoisotopic (exact) mass is 205 g/mol. The zero-order chi connectivity index (χ0) is 5.98. The summed E-state index contributed by atoms with van der Waals surface area (Å²) in [6.07, 6.45) is 0. The molecule has 0 spiro atoms. The van der Waals surface area contributed by atoms with Gasteiger partial charge in [-0.05, 0) is 34.7 Å². The summed E-state index contributed by atoms with van der Waals surface area (Å²) in [7, 11) is 0. The van der Waals surface area contributed by atoms with Crippen molar-refractivity contribution in [1.29, 1.82) is 0 Å². The molecule has 0 saturated heterocycles. The molecule has 1 rings (SSSR count). The average Bonchev–Trinajstić information content (AvgIpc) is 1.77. The van der Waals surface area contributed by atoms with Gasteiger partial charge in [-0.3, -0.25) is 0 Å². The first kappa shape index (κ1) is 3.89.